The molecule has 0 spiro atoms. The zero-order chi connectivity index (χ0) is 14.5. The molecule has 0 unspecified atom stereocenters. The molecule has 1 amide bonds. The smallest absolute Gasteiger partial charge is 0.254 e. The molecule has 20 heavy (non-hydrogen) atoms. The number of amides is 1. The van der Waals surface area contributed by atoms with Crippen LogP contribution in [0, 0.1) is 11.8 Å². The molecule has 5 heteroatoms. The quantitative estimate of drug-likeness (QED) is 0.834. The number of rotatable bonds is 2. The molecular formula is C15H21N3OS. The van der Waals surface area contributed by atoms with E-state index in [1.807, 2.05) is 16.3 Å². The Morgan fingerprint density at radius 1 is 1.40 bits per heavy atom. The fourth-order valence-electron chi connectivity index (χ4n) is 2.28. The maximum Gasteiger partial charge on any atom is 0.254 e. The van der Waals surface area contributed by atoms with Crippen LogP contribution in [0.3, 0.4) is 0 Å². The van der Waals surface area contributed by atoms with Gasteiger partial charge in [-0.05, 0) is 19.9 Å². The molecular weight excluding hydrogens is 270 g/mol. The first kappa shape index (κ1) is 15.0. The van der Waals surface area contributed by atoms with Gasteiger partial charge in [0.15, 0.2) is 0 Å². The van der Waals surface area contributed by atoms with Crippen molar-refractivity contribution in [2.75, 3.05) is 32.7 Å². The molecule has 4 nitrogen and oxygen atoms in total. The summed E-state index contributed by atoms with van der Waals surface area (Å²) in [6.07, 6.45) is 0. The van der Waals surface area contributed by atoms with E-state index in [2.05, 4.69) is 30.6 Å². The van der Waals surface area contributed by atoms with Crippen LogP contribution >= 0.6 is 11.3 Å². The van der Waals surface area contributed by atoms with Crippen LogP contribution in [0.4, 0.5) is 0 Å². The Bertz CT molecular complexity index is 519. The Balaban J connectivity index is 1.97. The summed E-state index contributed by atoms with van der Waals surface area (Å²) in [6, 6.07) is 2.41. The van der Waals surface area contributed by atoms with Gasteiger partial charge in [0.1, 0.15) is 0 Å². The van der Waals surface area contributed by atoms with Crippen molar-refractivity contribution in [3.05, 3.63) is 21.9 Å². The van der Waals surface area contributed by atoms with E-state index < -0.39 is 0 Å². The van der Waals surface area contributed by atoms with Gasteiger partial charge in [-0.1, -0.05) is 11.8 Å². The maximum absolute atomic E-state index is 12.4. The summed E-state index contributed by atoms with van der Waals surface area (Å²) in [4.78, 5) is 17.6. The Hall–Kier alpha value is -1.35. The van der Waals surface area contributed by atoms with Crippen molar-refractivity contribution in [2.24, 2.45) is 5.73 Å². The Morgan fingerprint density at radius 2 is 2.10 bits per heavy atom. The molecule has 0 aromatic carbocycles. The summed E-state index contributed by atoms with van der Waals surface area (Å²) in [7, 11) is 0. The molecule has 0 atom stereocenters. The van der Waals surface area contributed by atoms with Crippen molar-refractivity contribution < 1.29 is 4.79 Å². The van der Waals surface area contributed by atoms with Gasteiger partial charge in [0.25, 0.3) is 5.91 Å². The second kappa shape index (κ2) is 6.89. The number of carbonyl (C=O) groups excluding carboxylic acids is 1. The Labute approximate surface area is 124 Å². The maximum atomic E-state index is 12.4. The second-order valence-corrected chi connectivity index (χ2v) is 6.04. The number of piperazine rings is 1. The minimum atomic E-state index is 0.116. The summed E-state index contributed by atoms with van der Waals surface area (Å²) in [6.45, 7) is 8.24. The van der Waals surface area contributed by atoms with Crippen molar-refractivity contribution in [1.29, 1.82) is 0 Å². The highest BCUT2D eigenvalue weighted by molar-refractivity contribution is 7.10. The lowest BCUT2D eigenvalue weighted by molar-refractivity contribution is 0.0596. The zero-order valence-electron chi connectivity index (χ0n) is 12.1. The normalized spacial score (nSPS) is 16.1. The summed E-state index contributed by atoms with van der Waals surface area (Å²) in [5.74, 6) is 5.90. The molecule has 1 aliphatic heterocycles. The molecule has 2 rings (SSSR count). The average Bonchev–Trinajstić information content (AvgIpc) is 2.93. The van der Waals surface area contributed by atoms with Gasteiger partial charge in [-0.3, -0.25) is 9.69 Å². The standard InChI is InChI=1S/C15H21N3OS/c1-12(2)17-6-8-18(9-7-17)15(19)13-10-14(20-11-13)4-3-5-16/h10-12H,5-9,16H2,1-2H3. The van der Waals surface area contributed by atoms with E-state index in [4.69, 9.17) is 5.73 Å². The first-order chi connectivity index (χ1) is 9.61. The molecule has 2 N–H and O–H groups in total. The van der Waals surface area contributed by atoms with E-state index in [9.17, 15) is 4.79 Å². The number of thiophene rings is 1. The Morgan fingerprint density at radius 3 is 2.70 bits per heavy atom. The van der Waals surface area contributed by atoms with Gasteiger partial charge in [0.2, 0.25) is 0 Å². The van der Waals surface area contributed by atoms with Crippen LogP contribution < -0.4 is 5.73 Å². The highest BCUT2D eigenvalue weighted by Crippen LogP contribution is 2.17. The first-order valence-electron chi connectivity index (χ1n) is 6.92. The highest BCUT2D eigenvalue weighted by Gasteiger charge is 2.23. The van der Waals surface area contributed by atoms with E-state index >= 15 is 0 Å². The van der Waals surface area contributed by atoms with Gasteiger partial charge < -0.3 is 10.6 Å². The summed E-state index contributed by atoms with van der Waals surface area (Å²) < 4.78 is 0. The third-order valence-corrected chi connectivity index (χ3v) is 4.34. The van der Waals surface area contributed by atoms with Crippen LogP contribution in [0.5, 0.6) is 0 Å². The Kier molecular flexibility index (Phi) is 5.18. The van der Waals surface area contributed by atoms with Gasteiger partial charge in [0, 0.05) is 37.6 Å². The molecule has 1 aromatic rings. The summed E-state index contributed by atoms with van der Waals surface area (Å²) >= 11 is 1.50. The van der Waals surface area contributed by atoms with Crippen LogP contribution in [-0.4, -0.2) is 54.5 Å². The fourth-order valence-corrected chi connectivity index (χ4v) is 3.02. The molecule has 1 aliphatic rings. The van der Waals surface area contributed by atoms with Gasteiger partial charge >= 0.3 is 0 Å². The third-order valence-electron chi connectivity index (χ3n) is 3.49. The molecule has 0 radical (unpaired) electrons. The van der Waals surface area contributed by atoms with Gasteiger partial charge in [-0.15, -0.1) is 11.3 Å². The van der Waals surface area contributed by atoms with Gasteiger partial charge in [-0.2, -0.15) is 0 Å². The van der Waals surface area contributed by atoms with Crippen molar-refractivity contribution in [3.63, 3.8) is 0 Å². The number of nitrogens with zero attached hydrogens (tertiary/aromatic N) is 2. The van der Waals surface area contributed by atoms with E-state index in [0.717, 1.165) is 36.6 Å². The van der Waals surface area contributed by atoms with E-state index in [0.29, 0.717) is 12.6 Å². The number of hydrogen-bond donors (Lipinski definition) is 1. The highest BCUT2D eigenvalue weighted by atomic mass is 32.1. The zero-order valence-corrected chi connectivity index (χ0v) is 12.9. The molecule has 108 valence electrons. The largest absolute Gasteiger partial charge is 0.336 e. The van der Waals surface area contributed by atoms with Crippen LogP contribution in [0.1, 0.15) is 29.1 Å². The lowest BCUT2D eigenvalue weighted by atomic mass is 10.2. The predicted molar refractivity (Wildman–Crippen MR) is 82.9 cm³/mol. The van der Waals surface area contributed by atoms with E-state index in [-0.39, 0.29) is 5.91 Å². The molecule has 1 aromatic heterocycles. The van der Waals surface area contributed by atoms with Crippen LogP contribution in [0.15, 0.2) is 11.4 Å². The van der Waals surface area contributed by atoms with Crippen molar-refractivity contribution >= 4 is 17.2 Å². The first-order valence-corrected chi connectivity index (χ1v) is 7.80. The number of nitrogens with two attached hydrogens (primary N) is 1. The monoisotopic (exact) mass is 291 g/mol. The molecule has 1 saturated heterocycles. The van der Waals surface area contributed by atoms with Crippen LogP contribution in [0.25, 0.3) is 0 Å². The minimum Gasteiger partial charge on any atom is -0.336 e. The van der Waals surface area contributed by atoms with Crippen molar-refractivity contribution in [1.82, 2.24) is 9.80 Å². The average molecular weight is 291 g/mol. The lowest BCUT2D eigenvalue weighted by Gasteiger charge is -2.36. The molecule has 0 saturated carbocycles. The van der Waals surface area contributed by atoms with E-state index in [1.54, 1.807) is 0 Å². The molecule has 1 fully saturated rings. The minimum absolute atomic E-state index is 0.116. The van der Waals surface area contributed by atoms with Crippen LogP contribution in [0.2, 0.25) is 0 Å². The molecule has 2 heterocycles. The number of carbonyl (C=O) groups is 1. The van der Waals surface area contributed by atoms with Crippen molar-refractivity contribution in [3.8, 4) is 11.8 Å². The van der Waals surface area contributed by atoms with Gasteiger partial charge in [-0.25, -0.2) is 0 Å². The van der Waals surface area contributed by atoms with Crippen LogP contribution in [-0.2, 0) is 0 Å². The predicted octanol–water partition coefficient (Wildman–Crippen LogP) is 1.22. The molecule has 0 bridgehead atoms. The SMILES string of the molecule is CC(C)N1CCN(C(=O)c2csc(C#CCN)c2)CC1. The van der Waals surface area contributed by atoms with Crippen molar-refractivity contribution in [2.45, 2.75) is 19.9 Å². The third kappa shape index (κ3) is 3.60. The summed E-state index contributed by atoms with van der Waals surface area (Å²) in [5.41, 5.74) is 6.09. The molecule has 0 aliphatic carbocycles. The fraction of sp³-hybridized carbons (Fsp3) is 0.533. The summed E-state index contributed by atoms with van der Waals surface area (Å²) in [5, 5.41) is 1.89. The van der Waals surface area contributed by atoms with Gasteiger partial charge in [0.05, 0.1) is 17.0 Å². The topological polar surface area (TPSA) is 49.6 Å². The number of hydrogen-bond acceptors (Lipinski definition) is 4. The lowest BCUT2D eigenvalue weighted by Crippen LogP contribution is -2.50. The van der Waals surface area contributed by atoms with E-state index in [1.165, 1.54) is 11.3 Å². The second-order valence-electron chi connectivity index (χ2n) is 5.13.